The molecule has 2 N–H and O–H groups in total. The lowest BCUT2D eigenvalue weighted by molar-refractivity contribution is -0.384. The van der Waals surface area contributed by atoms with Gasteiger partial charge in [-0.05, 0) is 0 Å². The lowest BCUT2D eigenvalue weighted by atomic mass is 10.2. The minimum Gasteiger partial charge on any atom is -0.505 e. The Balaban J connectivity index is 2.77. The number of phenolic OH excluding ortho intramolecular Hbond substituents is 1. The zero-order valence-electron chi connectivity index (χ0n) is 6.26. The fraction of sp³-hybridized carbons (Fsp3) is 0. The molecule has 2 rings (SSSR count). The monoisotopic (exact) mass is 180 g/mol. The molecule has 0 aliphatic carbocycles. The summed E-state index contributed by atoms with van der Waals surface area (Å²) in [5, 5.41) is 29.1. The van der Waals surface area contributed by atoms with Gasteiger partial charge >= 0.3 is 0 Å². The molecule has 1 heterocycles. The minimum absolute atomic E-state index is 0.209. The standard InChI is InChI=1S/C6H4N4O3/c11-5-2-3(10(12)13)1-4-6(5)8-9-7-4/h1-2,11H,(H,7,8,9). The SMILES string of the molecule is O=[N+]([O-])c1cc(O)c2n[nH]nc2c1. The number of hydrogen-bond donors (Lipinski definition) is 2. The number of non-ortho nitro benzene ring substituents is 1. The largest absolute Gasteiger partial charge is 0.505 e. The van der Waals surface area contributed by atoms with E-state index >= 15 is 0 Å². The van der Waals surface area contributed by atoms with Crippen molar-refractivity contribution in [3.63, 3.8) is 0 Å². The molecule has 7 heteroatoms. The summed E-state index contributed by atoms with van der Waals surface area (Å²) in [4.78, 5) is 9.75. The normalized spacial score (nSPS) is 10.5. The van der Waals surface area contributed by atoms with Gasteiger partial charge < -0.3 is 5.11 Å². The van der Waals surface area contributed by atoms with Crippen LogP contribution in [0.2, 0.25) is 0 Å². The quantitative estimate of drug-likeness (QED) is 0.493. The Morgan fingerprint density at radius 1 is 1.46 bits per heavy atom. The summed E-state index contributed by atoms with van der Waals surface area (Å²) < 4.78 is 0. The van der Waals surface area contributed by atoms with Gasteiger partial charge in [0, 0.05) is 6.07 Å². The number of benzene rings is 1. The zero-order chi connectivity index (χ0) is 9.42. The van der Waals surface area contributed by atoms with Crippen molar-refractivity contribution in [2.24, 2.45) is 0 Å². The van der Waals surface area contributed by atoms with E-state index in [0.717, 1.165) is 6.07 Å². The van der Waals surface area contributed by atoms with Gasteiger partial charge in [0.15, 0.2) is 11.3 Å². The zero-order valence-corrected chi connectivity index (χ0v) is 6.26. The first-order valence-corrected chi connectivity index (χ1v) is 3.36. The molecule has 0 saturated carbocycles. The molecule has 0 atom stereocenters. The van der Waals surface area contributed by atoms with Crippen molar-refractivity contribution in [3.05, 3.63) is 22.2 Å². The first-order valence-electron chi connectivity index (χ1n) is 3.36. The van der Waals surface area contributed by atoms with Gasteiger partial charge in [0.2, 0.25) is 0 Å². The number of nitrogens with one attached hydrogen (secondary N) is 1. The highest BCUT2D eigenvalue weighted by Gasteiger charge is 2.13. The Morgan fingerprint density at radius 2 is 2.23 bits per heavy atom. The average Bonchev–Trinajstić information content (AvgIpc) is 2.51. The third-order valence-electron chi connectivity index (χ3n) is 1.60. The molecule has 0 bridgehead atoms. The predicted octanol–water partition coefficient (Wildman–Crippen LogP) is 0.572. The summed E-state index contributed by atoms with van der Waals surface area (Å²) in [5.74, 6) is -0.252. The van der Waals surface area contributed by atoms with E-state index in [0.29, 0.717) is 0 Å². The average molecular weight is 180 g/mol. The fourth-order valence-electron chi connectivity index (χ4n) is 1.02. The van der Waals surface area contributed by atoms with Crippen LogP contribution in [0.15, 0.2) is 12.1 Å². The smallest absolute Gasteiger partial charge is 0.275 e. The molecule has 0 amide bonds. The van der Waals surface area contributed by atoms with Gasteiger partial charge in [-0.1, -0.05) is 0 Å². The topological polar surface area (TPSA) is 105 Å². The van der Waals surface area contributed by atoms with Crippen molar-refractivity contribution in [3.8, 4) is 5.75 Å². The van der Waals surface area contributed by atoms with Crippen molar-refractivity contribution in [1.82, 2.24) is 15.4 Å². The summed E-state index contributed by atoms with van der Waals surface area (Å²) in [6, 6.07) is 2.27. The maximum absolute atomic E-state index is 10.4. The van der Waals surface area contributed by atoms with Crippen LogP contribution in [0, 0.1) is 10.1 Å². The fourth-order valence-corrected chi connectivity index (χ4v) is 1.02. The van der Waals surface area contributed by atoms with Crippen molar-refractivity contribution in [1.29, 1.82) is 0 Å². The summed E-state index contributed by atoms with van der Waals surface area (Å²) in [6.45, 7) is 0. The highest BCUT2D eigenvalue weighted by Crippen LogP contribution is 2.26. The van der Waals surface area contributed by atoms with Gasteiger partial charge in [0.05, 0.1) is 11.0 Å². The molecule has 7 nitrogen and oxygen atoms in total. The molecule has 2 aromatic rings. The number of aromatic hydroxyl groups is 1. The molecule has 0 unspecified atom stereocenters. The van der Waals surface area contributed by atoms with Crippen molar-refractivity contribution < 1.29 is 10.0 Å². The van der Waals surface area contributed by atoms with Crippen molar-refractivity contribution >= 4 is 16.7 Å². The van der Waals surface area contributed by atoms with Crippen LogP contribution < -0.4 is 0 Å². The number of rotatable bonds is 1. The van der Waals surface area contributed by atoms with Crippen molar-refractivity contribution in [2.45, 2.75) is 0 Å². The summed E-state index contributed by atoms with van der Waals surface area (Å²) in [5.41, 5.74) is 0.288. The molecular formula is C6H4N4O3. The second-order valence-corrected chi connectivity index (χ2v) is 2.41. The van der Waals surface area contributed by atoms with Crippen LogP contribution in [-0.4, -0.2) is 25.4 Å². The Bertz CT molecular complexity index is 478. The Labute approximate surface area is 71.1 Å². The second-order valence-electron chi connectivity index (χ2n) is 2.41. The number of nitrogens with zero attached hydrogens (tertiary/aromatic N) is 3. The van der Waals surface area contributed by atoms with E-state index in [4.69, 9.17) is 0 Å². The Morgan fingerprint density at radius 3 is 2.92 bits per heavy atom. The van der Waals surface area contributed by atoms with Gasteiger partial charge in [-0.15, -0.1) is 0 Å². The lowest BCUT2D eigenvalue weighted by Gasteiger charge is -1.92. The Kier molecular flexibility index (Phi) is 1.38. The molecule has 0 fully saturated rings. The number of H-pyrrole nitrogens is 1. The lowest BCUT2D eigenvalue weighted by Crippen LogP contribution is -1.87. The summed E-state index contributed by atoms with van der Waals surface area (Å²) in [7, 11) is 0. The Hall–Kier alpha value is -2.18. The second kappa shape index (κ2) is 2.41. The molecule has 13 heavy (non-hydrogen) atoms. The molecule has 1 aromatic heterocycles. The third kappa shape index (κ3) is 1.06. The van der Waals surface area contributed by atoms with E-state index in [2.05, 4.69) is 15.4 Å². The number of fused-ring (bicyclic) bond motifs is 1. The number of aromatic nitrogens is 3. The molecule has 1 aromatic carbocycles. The molecule has 0 spiro atoms. The predicted molar refractivity (Wildman–Crippen MR) is 42.2 cm³/mol. The van der Waals surface area contributed by atoms with Crippen LogP contribution in [0.25, 0.3) is 11.0 Å². The van der Waals surface area contributed by atoms with Crippen LogP contribution in [-0.2, 0) is 0 Å². The third-order valence-corrected chi connectivity index (χ3v) is 1.60. The van der Waals surface area contributed by atoms with E-state index in [1.54, 1.807) is 0 Å². The first kappa shape index (κ1) is 7.47. The number of nitro groups is 1. The van der Waals surface area contributed by atoms with E-state index in [-0.39, 0.29) is 22.5 Å². The van der Waals surface area contributed by atoms with E-state index in [1.165, 1.54) is 6.07 Å². The van der Waals surface area contributed by atoms with E-state index in [1.807, 2.05) is 0 Å². The van der Waals surface area contributed by atoms with Gasteiger partial charge in [-0.3, -0.25) is 10.1 Å². The molecular weight excluding hydrogens is 176 g/mol. The maximum Gasteiger partial charge on any atom is 0.275 e. The van der Waals surface area contributed by atoms with Gasteiger partial charge in [-0.2, -0.15) is 15.4 Å². The van der Waals surface area contributed by atoms with Crippen molar-refractivity contribution in [2.75, 3.05) is 0 Å². The molecule has 0 aliphatic heterocycles. The highest BCUT2D eigenvalue weighted by molar-refractivity contribution is 5.82. The summed E-state index contributed by atoms with van der Waals surface area (Å²) in [6.07, 6.45) is 0. The van der Waals surface area contributed by atoms with E-state index < -0.39 is 4.92 Å². The molecule has 0 aliphatic rings. The number of phenols is 1. The molecule has 0 saturated heterocycles. The number of aromatic amines is 1. The van der Waals surface area contributed by atoms with E-state index in [9.17, 15) is 15.2 Å². The maximum atomic E-state index is 10.4. The van der Waals surface area contributed by atoms with Crippen LogP contribution in [0.4, 0.5) is 5.69 Å². The highest BCUT2D eigenvalue weighted by atomic mass is 16.6. The van der Waals surface area contributed by atoms with Crippen LogP contribution >= 0.6 is 0 Å². The van der Waals surface area contributed by atoms with Gasteiger partial charge in [0.1, 0.15) is 5.52 Å². The van der Waals surface area contributed by atoms with Crippen LogP contribution in [0.1, 0.15) is 0 Å². The summed E-state index contributed by atoms with van der Waals surface area (Å²) >= 11 is 0. The number of nitro benzene ring substituents is 1. The van der Waals surface area contributed by atoms with Crippen LogP contribution in [0.5, 0.6) is 5.75 Å². The molecule has 0 radical (unpaired) electrons. The number of hydrogen-bond acceptors (Lipinski definition) is 5. The van der Waals surface area contributed by atoms with Crippen LogP contribution in [0.3, 0.4) is 0 Å². The van der Waals surface area contributed by atoms with Gasteiger partial charge in [-0.25, -0.2) is 0 Å². The van der Waals surface area contributed by atoms with Gasteiger partial charge in [0.25, 0.3) is 5.69 Å². The minimum atomic E-state index is -0.603. The first-order chi connectivity index (χ1) is 6.18. The molecule has 66 valence electrons.